The second-order valence-corrected chi connectivity index (χ2v) is 9.54. The van der Waals surface area contributed by atoms with Gasteiger partial charge in [0, 0.05) is 32.2 Å². The van der Waals surface area contributed by atoms with Gasteiger partial charge in [-0.25, -0.2) is 13.9 Å². The van der Waals surface area contributed by atoms with E-state index < -0.39 is 41.2 Å². The molecule has 3 aromatic rings. The van der Waals surface area contributed by atoms with Gasteiger partial charge in [-0.05, 0) is 25.5 Å². The Labute approximate surface area is 208 Å². The average molecular weight is 511 g/mol. The molecule has 14 heteroatoms. The third kappa shape index (κ3) is 3.25. The maximum atomic E-state index is 16.1. The molecule has 2 saturated heterocycles. The van der Waals surface area contributed by atoms with Gasteiger partial charge in [0.25, 0.3) is 0 Å². The fourth-order valence-electron chi connectivity index (χ4n) is 5.79. The molecule has 3 aliphatic rings. The van der Waals surface area contributed by atoms with Crippen molar-refractivity contribution >= 4 is 46.2 Å². The molecule has 37 heavy (non-hydrogen) atoms. The number of amides is 5. The van der Waals surface area contributed by atoms with Crippen LogP contribution >= 0.6 is 0 Å². The highest BCUT2D eigenvalue weighted by Crippen LogP contribution is 2.49. The van der Waals surface area contributed by atoms with Gasteiger partial charge in [-0.15, -0.1) is 5.10 Å². The van der Waals surface area contributed by atoms with Gasteiger partial charge < -0.3 is 19.5 Å². The molecule has 0 aliphatic carbocycles. The predicted molar refractivity (Wildman–Crippen MR) is 124 cm³/mol. The molecule has 1 aromatic carbocycles. The van der Waals surface area contributed by atoms with E-state index >= 15 is 4.39 Å². The molecule has 1 spiro atoms. The molecule has 5 amide bonds. The molecular formula is C23H22FN7O6. The highest BCUT2D eigenvalue weighted by atomic mass is 19.1. The second-order valence-electron chi connectivity index (χ2n) is 9.54. The number of urea groups is 1. The number of barbiturate groups is 1. The van der Waals surface area contributed by atoms with Crippen molar-refractivity contribution in [3.8, 4) is 5.82 Å². The quantitative estimate of drug-likeness (QED) is 0.426. The number of rotatable bonds is 2. The van der Waals surface area contributed by atoms with Crippen molar-refractivity contribution in [2.24, 2.45) is 5.41 Å². The number of benzene rings is 1. The molecule has 0 unspecified atom stereocenters. The van der Waals surface area contributed by atoms with Crippen molar-refractivity contribution in [2.75, 3.05) is 16.8 Å². The van der Waals surface area contributed by atoms with Crippen molar-refractivity contribution in [1.82, 2.24) is 25.6 Å². The summed E-state index contributed by atoms with van der Waals surface area (Å²) in [6.45, 7) is 5.06. The minimum absolute atomic E-state index is 0.125. The molecule has 0 bridgehead atoms. The Morgan fingerprint density at radius 3 is 2.68 bits per heavy atom. The summed E-state index contributed by atoms with van der Waals surface area (Å²) in [5.74, 6) is -2.14. The summed E-state index contributed by atoms with van der Waals surface area (Å²) < 4.78 is 28.8. The second kappa shape index (κ2) is 7.83. The number of ether oxygens (including phenoxy) is 1. The number of nitrogens with zero attached hydrogens (tertiary/aromatic N) is 4. The van der Waals surface area contributed by atoms with Gasteiger partial charge in [0.1, 0.15) is 0 Å². The summed E-state index contributed by atoms with van der Waals surface area (Å²) >= 11 is 0. The molecule has 3 N–H and O–H groups in total. The minimum Gasteiger partial charge on any atom is -0.372 e. The van der Waals surface area contributed by atoms with E-state index in [0.29, 0.717) is 5.56 Å². The fourth-order valence-corrected chi connectivity index (χ4v) is 5.79. The lowest BCUT2D eigenvalue weighted by molar-refractivity contribution is -0.153. The van der Waals surface area contributed by atoms with E-state index in [1.165, 1.54) is 17.8 Å². The lowest BCUT2D eigenvalue weighted by atomic mass is 9.66. The van der Waals surface area contributed by atoms with Crippen LogP contribution in [0.3, 0.4) is 0 Å². The van der Waals surface area contributed by atoms with Crippen LogP contribution in [-0.2, 0) is 25.5 Å². The third-order valence-electron chi connectivity index (χ3n) is 7.06. The molecule has 2 fully saturated rings. The lowest BCUT2D eigenvalue weighted by Gasteiger charge is -2.55. The van der Waals surface area contributed by atoms with Gasteiger partial charge in [-0.2, -0.15) is 0 Å². The summed E-state index contributed by atoms with van der Waals surface area (Å²) in [5, 5.41) is 15.4. The van der Waals surface area contributed by atoms with Gasteiger partial charge in [0.2, 0.25) is 29.1 Å². The van der Waals surface area contributed by atoms with Crippen LogP contribution in [0.2, 0.25) is 0 Å². The van der Waals surface area contributed by atoms with E-state index in [9.17, 15) is 19.2 Å². The standard InChI is InChI=1S/C23H22FN7O6/c1-9-8-30-16-12(7-23(18(30)10(2)36-9)20(33)26-22(35)27-21(23)34)6-13-17(15(16)24)37-29-19(13)31-5-4-14(28-31)25-11(3)32/h4-6,9-10,18H,7-8H2,1-3H3,(H,25,28,32)(H2,26,27,33,34,35)/t9-,10+,18-/m1/s1. The number of carbonyl (C=O) groups excluding carboxylic acids is 4. The summed E-state index contributed by atoms with van der Waals surface area (Å²) in [5.41, 5.74) is -1.33. The maximum Gasteiger partial charge on any atom is 0.328 e. The molecule has 13 nitrogen and oxygen atoms in total. The van der Waals surface area contributed by atoms with Gasteiger partial charge in [-0.1, -0.05) is 5.16 Å². The van der Waals surface area contributed by atoms with E-state index in [1.807, 2.05) is 6.92 Å². The molecule has 5 heterocycles. The van der Waals surface area contributed by atoms with Gasteiger partial charge in [-0.3, -0.25) is 25.0 Å². The Bertz CT molecular complexity index is 1490. The van der Waals surface area contributed by atoms with E-state index in [0.717, 1.165) is 0 Å². The van der Waals surface area contributed by atoms with Crippen molar-refractivity contribution < 1.29 is 32.8 Å². The first kappa shape index (κ1) is 23.1. The first-order valence-electron chi connectivity index (χ1n) is 11.6. The van der Waals surface area contributed by atoms with E-state index in [4.69, 9.17) is 9.26 Å². The van der Waals surface area contributed by atoms with Crippen molar-refractivity contribution in [1.29, 1.82) is 0 Å². The van der Waals surface area contributed by atoms with Crippen LogP contribution in [0.4, 0.5) is 20.7 Å². The zero-order valence-electron chi connectivity index (χ0n) is 20.0. The smallest absolute Gasteiger partial charge is 0.328 e. The number of anilines is 2. The summed E-state index contributed by atoms with van der Waals surface area (Å²) in [7, 11) is 0. The van der Waals surface area contributed by atoms with Crippen LogP contribution in [0.25, 0.3) is 16.8 Å². The van der Waals surface area contributed by atoms with Crippen LogP contribution < -0.4 is 20.9 Å². The van der Waals surface area contributed by atoms with Crippen molar-refractivity contribution in [3.05, 3.63) is 29.7 Å². The Morgan fingerprint density at radius 1 is 1.24 bits per heavy atom. The number of aromatic nitrogens is 3. The minimum atomic E-state index is -1.75. The van der Waals surface area contributed by atoms with Crippen molar-refractivity contribution in [3.63, 3.8) is 0 Å². The molecular weight excluding hydrogens is 489 g/mol. The van der Waals surface area contributed by atoms with Crippen molar-refractivity contribution in [2.45, 2.75) is 45.4 Å². The molecule has 3 atom stereocenters. The zero-order chi connectivity index (χ0) is 26.2. The average Bonchev–Trinajstić information content (AvgIpc) is 3.43. The molecule has 6 rings (SSSR count). The number of fused-ring (bicyclic) bond motifs is 5. The largest absolute Gasteiger partial charge is 0.372 e. The molecule has 0 saturated carbocycles. The first-order valence-corrected chi connectivity index (χ1v) is 11.6. The Kier molecular flexibility index (Phi) is 4.89. The van der Waals surface area contributed by atoms with E-state index in [2.05, 4.69) is 26.2 Å². The van der Waals surface area contributed by atoms with E-state index in [-0.39, 0.29) is 53.3 Å². The molecule has 3 aliphatic heterocycles. The molecule has 192 valence electrons. The number of nitrogens with one attached hydrogen (secondary N) is 3. The van der Waals surface area contributed by atoms with Crippen LogP contribution in [0.1, 0.15) is 26.3 Å². The van der Waals surface area contributed by atoms with E-state index in [1.54, 1.807) is 24.0 Å². The first-order chi connectivity index (χ1) is 17.6. The Hall–Kier alpha value is -4.33. The highest BCUT2D eigenvalue weighted by Gasteiger charge is 2.63. The predicted octanol–water partition coefficient (Wildman–Crippen LogP) is 1.00. The fraction of sp³-hybridized carbons (Fsp3) is 0.391. The highest BCUT2D eigenvalue weighted by molar-refractivity contribution is 6.20. The van der Waals surface area contributed by atoms with Crippen LogP contribution in [0.5, 0.6) is 0 Å². The van der Waals surface area contributed by atoms with Crippen LogP contribution in [0, 0.1) is 11.2 Å². The number of carbonyl (C=O) groups is 4. The zero-order valence-corrected chi connectivity index (χ0v) is 20.0. The van der Waals surface area contributed by atoms with Gasteiger partial charge in [0.05, 0.1) is 29.3 Å². The number of hydrogen-bond donors (Lipinski definition) is 3. The maximum absolute atomic E-state index is 16.1. The van der Waals surface area contributed by atoms with Gasteiger partial charge in [0.15, 0.2) is 17.1 Å². The van der Waals surface area contributed by atoms with Crippen LogP contribution in [-0.4, -0.2) is 63.5 Å². The molecule has 0 radical (unpaired) electrons. The Morgan fingerprint density at radius 2 is 1.97 bits per heavy atom. The number of imide groups is 2. The Balaban J connectivity index is 1.54. The summed E-state index contributed by atoms with van der Waals surface area (Å²) in [6, 6.07) is 1.36. The summed E-state index contributed by atoms with van der Waals surface area (Å²) in [4.78, 5) is 51.5. The SMILES string of the molecule is CC(=O)Nc1ccn(-c2noc3c(F)c4c(cc23)CC2(C(=O)NC(=O)NC2=O)[C@H]2[C@H](C)O[C@H](C)CN42)n1. The number of halogens is 1. The lowest BCUT2D eigenvalue weighted by Crippen LogP contribution is -2.75. The summed E-state index contributed by atoms with van der Waals surface area (Å²) in [6.07, 6.45) is 0.362. The monoisotopic (exact) mass is 511 g/mol. The molecule has 2 aromatic heterocycles. The topological polar surface area (TPSA) is 161 Å². The number of morpholine rings is 1. The van der Waals surface area contributed by atoms with Crippen LogP contribution in [0.15, 0.2) is 22.9 Å². The number of hydrogen-bond acceptors (Lipinski definition) is 9. The third-order valence-corrected chi connectivity index (χ3v) is 7.06. The normalized spacial score (nSPS) is 24.5. The van der Waals surface area contributed by atoms with Gasteiger partial charge >= 0.3 is 6.03 Å².